The molecular formula is C48H29BGeS2. The molecule has 10 aromatic rings. The molecule has 0 spiro atoms. The molecule has 0 radical (unpaired) electrons. The van der Waals surface area contributed by atoms with Gasteiger partial charge in [-0.15, -0.1) is 0 Å². The van der Waals surface area contributed by atoms with Crippen LogP contribution in [0.25, 0.3) is 62.6 Å². The second-order valence-electron chi connectivity index (χ2n) is 14.3. The maximum absolute atomic E-state index is 3.65. The molecule has 0 saturated heterocycles. The SMILES string of the molecule is c1cc[c]([Ge]([c]2ccccc2)([c]2ccccc2)[c]2cc3c4c(c2)-c2cccc5sc6cccc(c6c25)B4c2cccc4sc5cccc-3c5c24)cc1. The summed E-state index contributed by atoms with van der Waals surface area (Å²) in [5.41, 5.74) is 9.84. The van der Waals surface area contributed by atoms with Crippen LogP contribution in [0.1, 0.15) is 0 Å². The molecule has 8 aromatic carbocycles. The monoisotopic (exact) mass is 754 g/mol. The Morgan fingerprint density at radius 3 is 1.13 bits per heavy atom. The van der Waals surface area contributed by atoms with Gasteiger partial charge in [0.05, 0.1) is 0 Å². The van der Waals surface area contributed by atoms with Crippen molar-refractivity contribution in [3.05, 3.63) is 176 Å². The fourth-order valence-corrected chi connectivity index (χ4v) is 22.3. The van der Waals surface area contributed by atoms with Gasteiger partial charge in [-0.25, -0.2) is 0 Å². The Balaban J connectivity index is 1.34. The summed E-state index contributed by atoms with van der Waals surface area (Å²) in [6.45, 7) is 0.105. The third kappa shape index (κ3) is 3.78. The van der Waals surface area contributed by atoms with E-state index in [2.05, 4.69) is 176 Å². The second-order valence-corrected chi connectivity index (χ2v) is 24.4. The van der Waals surface area contributed by atoms with Crippen molar-refractivity contribution in [3.63, 3.8) is 0 Å². The molecule has 52 heavy (non-hydrogen) atoms. The van der Waals surface area contributed by atoms with Crippen LogP contribution in [-0.2, 0) is 0 Å². The number of hydrogen-bond acceptors (Lipinski definition) is 2. The summed E-state index contributed by atoms with van der Waals surface area (Å²) in [7, 11) is 0. The van der Waals surface area contributed by atoms with E-state index >= 15 is 0 Å². The third-order valence-corrected chi connectivity index (χ3v) is 24.0. The van der Waals surface area contributed by atoms with E-state index in [0.717, 1.165) is 0 Å². The van der Waals surface area contributed by atoms with E-state index in [-0.39, 0.29) is 6.71 Å². The van der Waals surface area contributed by atoms with Gasteiger partial charge in [0.2, 0.25) is 0 Å². The maximum atomic E-state index is 2.67. The molecule has 240 valence electrons. The third-order valence-electron chi connectivity index (χ3n) is 11.8. The molecule has 2 aliphatic rings. The van der Waals surface area contributed by atoms with Crippen LogP contribution in [0.5, 0.6) is 0 Å². The zero-order valence-corrected chi connectivity index (χ0v) is 31.9. The summed E-state index contributed by atoms with van der Waals surface area (Å²) in [6, 6.07) is 68.0. The quantitative estimate of drug-likeness (QED) is 0.159. The first-order valence-corrected chi connectivity index (χ1v) is 23.9. The van der Waals surface area contributed by atoms with Gasteiger partial charge in [0.15, 0.2) is 0 Å². The van der Waals surface area contributed by atoms with E-state index in [4.69, 9.17) is 0 Å². The number of hydrogen-bond donors (Lipinski definition) is 0. The van der Waals surface area contributed by atoms with Crippen LogP contribution in [0.15, 0.2) is 176 Å². The number of thiophene rings is 2. The first kappa shape index (κ1) is 29.4. The molecule has 0 fully saturated rings. The Labute approximate surface area is 313 Å². The second kappa shape index (κ2) is 10.9. The topological polar surface area (TPSA) is 0 Å². The molecule has 0 amide bonds. The van der Waals surface area contributed by atoms with Crippen LogP contribution in [0, 0.1) is 0 Å². The fourth-order valence-electron chi connectivity index (χ4n) is 9.89. The van der Waals surface area contributed by atoms with Gasteiger partial charge < -0.3 is 0 Å². The van der Waals surface area contributed by atoms with Crippen molar-refractivity contribution < 1.29 is 0 Å². The molecule has 0 saturated carbocycles. The molecular weight excluding hydrogens is 724 g/mol. The predicted octanol–water partition coefficient (Wildman–Crippen LogP) is 8.28. The van der Waals surface area contributed by atoms with Gasteiger partial charge in [-0.3, -0.25) is 0 Å². The molecule has 0 atom stereocenters. The van der Waals surface area contributed by atoms with Crippen LogP contribution in [0.4, 0.5) is 0 Å². The molecule has 4 heteroatoms. The van der Waals surface area contributed by atoms with Crippen molar-refractivity contribution >= 4 is 117 Å². The van der Waals surface area contributed by atoms with Crippen LogP contribution < -0.4 is 34.0 Å². The number of rotatable bonds is 4. The van der Waals surface area contributed by atoms with Crippen molar-refractivity contribution in [2.75, 3.05) is 0 Å². The summed E-state index contributed by atoms with van der Waals surface area (Å²) in [5, 5.41) is 5.70. The summed E-state index contributed by atoms with van der Waals surface area (Å²) in [6.07, 6.45) is 0. The first-order chi connectivity index (χ1) is 25.8. The van der Waals surface area contributed by atoms with E-state index in [0.29, 0.717) is 0 Å². The normalized spacial score (nSPS) is 13.0. The van der Waals surface area contributed by atoms with Crippen LogP contribution in [-0.4, -0.2) is 20.0 Å². The van der Waals surface area contributed by atoms with Crippen LogP contribution in [0.3, 0.4) is 0 Å². The zero-order valence-electron chi connectivity index (χ0n) is 28.1. The van der Waals surface area contributed by atoms with Crippen LogP contribution in [0.2, 0.25) is 0 Å². The standard InChI is InChI=1S/C48H29BGeS2/c1-4-14-30(15-5-1)50(31-16-6-2-7-17-31,32-18-8-3-9-19-32)33-28-36-34-20-10-24-40-44(34)46-38(22-12-26-42(46)51-40)49-39-23-13-27-43-47(39)45-35(37(29-33)48(36)49)21-11-25-41(45)52-43/h1-29H. The van der Waals surface area contributed by atoms with Crippen molar-refractivity contribution in [3.8, 4) is 22.3 Å². The molecule has 0 N–H and O–H groups in total. The molecule has 0 unspecified atom stereocenters. The molecule has 0 nitrogen and oxygen atoms in total. The summed E-state index contributed by atoms with van der Waals surface area (Å²) >= 11 is 0.238. The molecule has 2 aliphatic heterocycles. The summed E-state index contributed by atoms with van der Waals surface area (Å²) in [4.78, 5) is 0. The van der Waals surface area contributed by atoms with Gasteiger partial charge >= 0.3 is 315 Å². The Hall–Kier alpha value is -5.19. The molecule has 2 aromatic heterocycles. The van der Waals surface area contributed by atoms with E-state index in [1.54, 1.807) is 0 Å². The molecule has 0 aliphatic carbocycles. The molecule has 4 heterocycles. The van der Waals surface area contributed by atoms with Crippen LogP contribution >= 0.6 is 22.7 Å². The van der Waals surface area contributed by atoms with Gasteiger partial charge in [-0.2, -0.15) is 0 Å². The first-order valence-electron chi connectivity index (χ1n) is 18.0. The van der Waals surface area contributed by atoms with Gasteiger partial charge in [0, 0.05) is 0 Å². The molecule has 0 bridgehead atoms. The average molecular weight is 753 g/mol. The number of fused-ring (bicyclic) bond motifs is 4. The minimum absolute atomic E-state index is 0.105. The predicted molar refractivity (Wildman–Crippen MR) is 231 cm³/mol. The van der Waals surface area contributed by atoms with Gasteiger partial charge in [0.1, 0.15) is 0 Å². The van der Waals surface area contributed by atoms with Gasteiger partial charge in [0.25, 0.3) is 0 Å². The fraction of sp³-hybridized carbons (Fsp3) is 0. The van der Waals surface area contributed by atoms with E-state index < -0.39 is 13.3 Å². The van der Waals surface area contributed by atoms with E-state index in [9.17, 15) is 0 Å². The van der Waals surface area contributed by atoms with E-state index in [1.165, 1.54) is 96.6 Å². The minimum atomic E-state index is -3.65. The van der Waals surface area contributed by atoms with Crippen molar-refractivity contribution in [1.29, 1.82) is 0 Å². The Bertz CT molecular complexity index is 2830. The molecule has 12 rings (SSSR count). The van der Waals surface area contributed by atoms with Crippen molar-refractivity contribution in [1.82, 2.24) is 0 Å². The van der Waals surface area contributed by atoms with Crippen molar-refractivity contribution in [2.24, 2.45) is 0 Å². The Morgan fingerprint density at radius 1 is 0.327 bits per heavy atom. The summed E-state index contributed by atoms with van der Waals surface area (Å²) < 4.78 is 11.3. The average Bonchev–Trinajstić information content (AvgIpc) is 3.72. The van der Waals surface area contributed by atoms with Crippen molar-refractivity contribution in [2.45, 2.75) is 0 Å². The number of benzene rings is 8. The van der Waals surface area contributed by atoms with Gasteiger partial charge in [-0.1, -0.05) is 0 Å². The zero-order chi connectivity index (χ0) is 34.0. The van der Waals surface area contributed by atoms with Gasteiger partial charge in [-0.05, 0) is 0 Å². The Kier molecular flexibility index (Phi) is 6.17. The van der Waals surface area contributed by atoms with E-state index in [1.807, 2.05) is 22.7 Å². The summed E-state index contributed by atoms with van der Waals surface area (Å²) in [5.74, 6) is 0. The Morgan fingerprint density at radius 2 is 0.712 bits per heavy atom.